The van der Waals surface area contributed by atoms with Crippen molar-refractivity contribution in [2.24, 2.45) is 11.7 Å². The summed E-state index contributed by atoms with van der Waals surface area (Å²) in [5, 5.41) is 8.87. The molecule has 0 saturated carbocycles. The SMILES string of the molecule is CC(N)c1cccc(C(F)(F)C2CCN(C(=O)O)CC2)c1. The van der Waals surface area contributed by atoms with Gasteiger partial charge in [-0.2, -0.15) is 0 Å². The topological polar surface area (TPSA) is 66.6 Å². The van der Waals surface area contributed by atoms with Crippen molar-refractivity contribution in [3.05, 3.63) is 35.4 Å². The van der Waals surface area contributed by atoms with Crippen molar-refractivity contribution in [1.29, 1.82) is 0 Å². The summed E-state index contributed by atoms with van der Waals surface area (Å²) in [4.78, 5) is 12.0. The van der Waals surface area contributed by atoms with Crippen molar-refractivity contribution in [2.45, 2.75) is 31.7 Å². The molecular formula is C15H20F2N2O2. The first-order valence-corrected chi connectivity index (χ1v) is 7.04. The van der Waals surface area contributed by atoms with Gasteiger partial charge in [-0.05, 0) is 31.4 Å². The molecule has 1 aromatic rings. The standard InChI is InChI=1S/C15H20F2N2O2/c1-10(18)11-3-2-4-13(9-11)15(16,17)12-5-7-19(8-6-12)14(20)21/h2-4,9-10,12H,5-8,18H2,1H3,(H,20,21). The number of nitrogens with two attached hydrogens (primary N) is 1. The largest absolute Gasteiger partial charge is 0.465 e. The van der Waals surface area contributed by atoms with E-state index in [0.29, 0.717) is 5.56 Å². The molecule has 0 aliphatic carbocycles. The predicted octanol–water partition coefficient (Wildman–Crippen LogP) is 3.19. The zero-order valence-electron chi connectivity index (χ0n) is 11.9. The molecule has 1 aromatic carbocycles. The number of hydrogen-bond donors (Lipinski definition) is 2. The van der Waals surface area contributed by atoms with Gasteiger partial charge in [0.15, 0.2) is 0 Å². The normalized spacial score (nSPS) is 18.6. The Hall–Kier alpha value is -1.69. The fourth-order valence-electron chi connectivity index (χ4n) is 2.70. The van der Waals surface area contributed by atoms with Crippen molar-refractivity contribution in [2.75, 3.05) is 13.1 Å². The van der Waals surface area contributed by atoms with Crippen LogP contribution in [0.5, 0.6) is 0 Å². The number of hydrogen-bond acceptors (Lipinski definition) is 2. The van der Waals surface area contributed by atoms with Crippen molar-refractivity contribution in [1.82, 2.24) is 4.90 Å². The molecule has 1 heterocycles. The van der Waals surface area contributed by atoms with Gasteiger partial charge in [-0.1, -0.05) is 18.2 Å². The lowest BCUT2D eigenvalue weighted by Crippen LogP contribution is -2.41. The van der Waals surface area contributed by atoms with Crippen LogP contribution in [0.4, 0.5) is 13.6 Å². The average Bonchev–Trinajstić information content (AvgIpc) is 2.47. The summed E-state index contributed by atoms with van der Waals surface area (Å²) in [6.07, 6.45) is -0.709. The summed E-state index contributed by atoms with van der Waals surface area (Å²) in [6.45, 7) is 2.06. The molecule has 1 saturated heterocycles. The van der Waals surface area contributed by atoms with E-state index < -0.39 is 17.9 Å². The molecule has 0 aromatic heterocycles. The molecule has 0 bridgehead atoms. The van der Waals surface area contributed by atoms with Gasteiger partial charge in [-0.25, -0.2) is 13.6 Å². The van der Waals surface area contributed by atoms with Gasteiger partial charge >= 0.3 is 6.09 Å². The van der Waals surface area contributed by atoms with Gasteiger partial charge < -0.3 is 15.7 Å². The number of alkyl halides is 2. The van der Waals surface area contributed by atoms with Crippen molar-refractivity contribution < 1.29 is 18.7 Å². The van der Waals surface area contributed by atoms with E-state index in [1.54, 1.807) is 19.1 Å². The maximum Gasteiger partial charge on any atom is 0.407 e. The van der Waals surface area contributed by atoms with Crippen LogP contribution in [0.1, 0.15) is 36.9 Å². The lowest BCUT2D eigenvalue weighted by Gasteiger charge is -2.35. The Labute approximate surface area is 122 Å². The summed E-state index contributed by atoms with van der Waals surface area (Å²) in [5.41, 5.74) is 6.38. The van der Waals surface area contributed by atoms with E-state index in [9.17, 15) is 13.6 Å². The molecule has 2 rings (SSSR count). The molecule has 0 radical (unpaired) electrons. The summed E-state index contributed by atoms with van der Waals surface area (Å²) in [5.74, 6) is -3.80. The number of carbonyl (C=O) groups is 1. The number of likely N-dealkylation sites (tertiary alicyclic amines) is 1. The quantitative estimate of drug-likeness (QED) is 0.900. The molecule has 4 nitrogen and oxygen atoms in total. The third-order valence-corrected chi connectivity index (χ3v) is 4.08. The maximum absolute atomic E-state index is 14.6. The van der Waals surface area contributed by atoms with E-state index in [-0.39, 0.29) is 37.5 Å². The first-order chi connectivity index (χ1) is 9.82. The zero-order chi connectivity index (χ0) is 15.6. The van der Waals surface area contributed by atoms with Crippen LogP contribution in [0.3, 0.4) is 0 Å². The van der Waals surface area contributed by atoms with Gasteiger partial charge in [0.05, 0.1) is 0 Å². The summed E-state index contributed by atoms with van der Waals surface area (Å²) < 4.78 is 29.2. The van der Waals surface area contributed by atoms with Crippen LogP contribution in [0, 0.1) is 5.92 Å². The van der Waals surface area contributed by atoms with Crippen LogP contribution in [-0.4, -0.2) is 29.2 Å². The fourth-order valence-corrected chi connectivity index (χ4v) is 2.70. The number of benzene rings is 1. The number of nitrogens with zero attached hydrogens (tertiary/aromatic N) is 1. The van der Waals surface area contributed by atoms with Gasteiger partial charge in [0.2, 0.25) is 0 Å². The molecule has 1 atom stereocenters. The van der Waals surface area contributed by atoms with E-state index >= 15 is 0 Å². The summed E-state index contributed by atoms with van der Waals surface area (Å²) in [7, 11) is 0. The van der Waals surface area contributed by atoms with Gasteiger partial charge in [0, 0.05) is 30.6 Å². The Balaban J connectivity index is 2.15. The first-order valence-electron chi connectivity index (χ1n) is 7.04. The second-order valence-corrected chi connectivity index (χ2v) is 5.58. The summed E-state index contributed by atoms with van der Waals surface area (Å²) in [6, 6.07) is 5.89. The van der Waals surface area contributed by atoms with E-state index in [0.717, 1.165) is 0 Å². The molecule has 1 amide bonds. The fraction of sp³-hybridized carbons (Fsp3) is 0.533. The lowest BCUT2D eigenvalue weighted by atomic mass is 9.86. The highest BCUT2D eigenvalue weighted by atomic mass is 19.3. The molecule has 0 spiro atoms. The number of carboxylic acid groups (broad SMARTS) is 1. The number of amides is 1. The monoisotopic (exact) mass is 298 g/mol. The van der Waals surface area contributed by atoms with Crippen LogP contribution < -0.4 is 5.73 Å². The van der Waals surface area contributed by atoms with Crippen molar-refractivity contribution >= 4 is 6.09 Å². The molecule has 116 valence electrons. The minimum atomic E-state index is -2.96. The molecule has 1 aliphatic rings. The third-order valence-electron chi connectivity index (χ3n) is 4.08. The van der Waals surface area contributed by atoms with Crippen LogP contribution in [0.2, 0.25) is 0 Å². The first kappa shape index (κ1) is 15.7. The summed E-state index contributed by atoms with van der Waals surface area (Å²) >= 11 is 0. The van der Waals surface area contributed by atoms with E-state index in [1.807, 2.05) is 0 Å². The van der Waals surface area contributed by atoms with Crippen LogP contribution in [-0.2, 0) is 5.92 Å². The van der Waals surface area contributed by atoms with Crippen LogP contribution in [0.25, 0.3) is 0 Å². The molecule has 1 unspecified atom stereocenters. The lowest BCUT2D eigenvalue weighted by molar-refractivity contribution is -0.0836. The van der Waals surface area contributed by atoms with Crippen molar-refractivity contribution in [3.8, 4) is 0 Å². The highest BCUT2D eigenvalue weighted by molar-refractivity contribution is 5.65. The molecule has 3 N–H and O–H groups in total. The Morgan fingerprint density at radius 3 is 2.57 bits per heavy atom. The highest BCUT2D eigenvalue weighted by Crippen LogP contribution is 2.41. The van der Waals surface area contributed by atoms with E-state index in [4.69, 9.17) is 10.8 Å². The zero-order valence-corrected chi connectivity index (χ0v) is 11.9. The third kappa shape index (κ3) is 3.32. The number of piperidine rings is 1. The maximum atomic E-state index is 14.6. The molecule has 1 aliphatic heterocycles. The smallest absolute Gasteiger partial charge is 0.407 e. The molecule has 21 heavy (non-hydrogen) atoms. The average molecular weight is 298 g/mol. The van der Waals surface area contributed by atoms with Crippen LogP contribution in [0.15, 0.2) is 24.3 Å². The van der Waals surface area contributed by atoms with Crippen LogP contribution >= 0.6 is 0 Å². The molecule has 1 fully saturated rings. The van der Waals surface area contributed by atoms with E-state index in [2.05, 4.69) is 0 Å². The van der Waals surface area contributed by atoms with Crippen molar-refractivity contribution in [3.63, 3.8) is 0 Å². The van der Waals surface area contributed by atoms with Gasteiger partial charge in [0.25, 0.3) is 5.92 Å². The Bertz CT molecular complexity index is 512. The Kier molecular flexibility index (Phi) is 4.46. The minimum absolute atomic E-state index is 0.0360. The second-order valence-electron chi connectivity index (χ2n) is 5.58. The Morgan fingerprint density at radius 2 is 2.05 bits per heavy atom. The second kappa shape index (κ2) is 5.97. The number of rotatable bonds is 3. The van der Waals surface area contributed by atoms with Gasteiger partial charge in [-0.3, -0.25) is 0 Å². The van der Waals surface area contributed by atoms with Gasteiger partial charge in [-0.15, -0.1) is 0 Å². The molecular weight excluding hydrogens is 278 g/mol. The predicted molar refractivity (Wildman–Crippen MR) is 75.3 cm³/mol. The van der Waals surface area contributed by atoms with E-state index in [1.165, 1.54) is 17.0 Å². The Morgan fingerprint density at radius 1 is 1.43 bits per heavy atom. The highest BCUT2D eigenvalue weighted by Gasteiger charge is 2.43. The minimum Gasteiger partial charge on any atom is -0.465 e. The van der Waals surface area contributed by atoms with Gasteiger partial charge in [0.1, 0.15) is 0 Å². The molecule has 6 heteroatoms. The number of halogens is 2.